The summed E-state index contributed by atoms with van der Waals surface area (Å²) in [5.41, 5.74) is 1.78. The van der Waals surface area contributed by atoms with Gasteiger partial charge in [-0.25, -0.2) is 0 Å². The summed E-state index contributed by atoms with van der Waals surface area (Å²) in [6.45, 7) is 0. The quantitative estimate of drug-likeness (QED) is 0.493. The second kappa shape index (κ2) is 4.44. The third-order valence-electron chi connectivity index (χ3n) is 2.14. The van der Waals surface area contributed by atoms with Crippen LogP contribution in [0.4, 0.5) is 5.69 Å². The number of nitro benzene ring substituents is 1. The molecule has 0 saturated carbocycles. The number of rotatable bonds is 3. The van der Waals surface area contributed by atoms with Crippen LogP contribution < -0.4 is 0 Å². The van der Waals surface area contributed by atoms with Crippen LogP contribution in [0.2, 0.25) is 0 Å². The number of halogens is 1. The second-order valence-electron chi connectivity index (χ2n) is 3.10. The summed E-state index contributed by atoms with van der Waals surface area (Å²) in [5.74, 6) is 0. The normalized spacial score (nSPS) is 10.3. The summed E-state index contributed by atoms with van der Waals surface area (Å²) in [6.07, 6.45) is 1.47. The van der Waals surface area contributed by atoms with E-state index in [9.17, 15) is 10.1 Å². The Labute approximate surface area is 99.3 Å². The zero-order chi connectivity index (χ0) is 11.5. The maximum absolute atomic E-state index is 10.9. The van der Waals surface area contributed by atoms with Gasteiger partial charge in [0.1, 0.15) is 12.0 Å². The van der Waals surface area contributed by atoms with Crippen molar-refractivity contribution in [1.29, 1.82) is 0 Å². The highest BCUT2D eigenvalue weighted by atomic mass is 79.9. The summed E-state index contributed by atoms with van der Waals surface area (Å²) in [4.78, 5) is 10.4. The van der Waals surface area contributed by atoms with Gasteiger partial charge in [0.25, 0.3) is 5.69 Å². The standard InChI is InChI=1S/C10H7BrN2O3/c11-5-7-6-16-12-10(7)8-3-1-2-4-9(8)13(14)15/h1-4,6H,5H2. The van der Waals surface area contributed by atoms with Crippen LogP contribution in [-0.2, 0) is 5.33 Å². The van der Waals surface area contributed by atoms with Crippen LogP contribution >= 0.6 is 15.9 Å². The maximum atomic E-state index is 10.9. The van der Waals surface area contributed by atoms with Gasteiger partial charge in [-0.3, -0.25) is 10.1 Å². The molecule has 0 fully saturated rings. The largest absolute Gasteiger partial charge is 0.364 e. The van der Waals surface area contributed by atoms with Gasteiger partial charge in [0.05, 0.1) is 10.5 Å². The molecule has 0 amide bonds. The number of hydrogen-bond acceptors (Lipinski definition) is 4. The van der Waals surface area contributed by atoms with E-state index in [-0.39, 0.29) is 5.69 Å². The lowest BCUT2D eigenvalue weighted by Gasteiger charge is -1.99. The van der Waals surface area contributed by atoms with Crippen molar-refractivity contribution < 1.29 is 9.45 Å². The van der Waals surface area contributed by atoms with Crippen LogP contribution in [0.25, 0.3) is 11.3 Å². The zero-order valence-corrected chi connectivity index (χ0v) is 9.68. The van der Waals surface area contributed by atoms with E-state index in [2.05, 4.69) is 21.1 Å². The Morgan fingerprint density at radius 2 is 2.19 bits per heavy atom. The van der Waals surface area contributed by atoms with Crippen LogP contribution in [0.5, 0.6) is 0 Å². The lowest BCUT2D eigenvalue weighted by molar-refractivity contribution is -0.384. The van der Waals surface area contributed by atoms with E-state index in [0.717, 1.165) is 5.56 Å². The van der Waals surface area contributed by atoms with Gasteiger partial charge in [0, 0.05) is 17.0 Å². The topological polar surface area (TPSA) is 69.2 Å². The Morgan fingerprint density at radius 1 is 1.44 bits per heavy atom. The van der Waals surface area contributed by atoms with Gasteiger partial charge in [-0.15, -0.1) is 0 Å². The summed E-state index contributed by atoms with van der Waals surface area (Å²) in [5, 5.41) is 15.2. The van der Waals surface area contributed by atoms with E-state index < -0.39 is 4.92 Å². The number of benzene rings is 1. The van der Waals surface area contributed by atoms with Gasteiger partial charge in [-0.1, -0.05) is 33.2 Å². The van der Waals surface area contributed by atoms with Crippen molar-refractivity contribution in [3.8, 4) is 11.3 Å². The van der Waals surface area contributed by atoms with Gasteiger partial charge in [0.15, 0.2) is 0 Å². The SMILES string of the molecule is O=[N+]([O-])c1ccccc1-c1nocc1CBr. The molecule has 16 heavy (non-hydrogen) atoms. The highest BCUT2D eigenvalue weighted by Gasteiger charge is 2.19. The molecule has 0 atom stereocenters. The Balaban J connectivity index is 2.60. The summed E-state index contributed by atoms with van der Waals surface area (Å²) < 4.78 is 4.82. The molecule has 5 nitrogen and oxygen atoms in total. The van der Waals surface area contributed by atoms with Crippen LogP contribution in [-0.4, -0.2) is 10.1 Å². The maximum Gasteiger partial charge on any atom is 0.278 e. The lowest BCUT2D eigenvalue weighted by Crippen LogP contribution is -1.93. The Morgan fingerprint density at radius 3 is 2.88 bits per heavy atom. The molecule has 0 saturated heterocycles. The summed E-state index contributed by atoms with van der Waals surface area (Å²) in [6, 6.07) is 6.45. The highest BCUT2D eigenvalue weighted by molar-refractivity contribution is 9.08. The molecule has 1 heterocycles. The number of nitrogens with zero attached hydrogens (tertiary/aromatic N) is 2. The molecule has 0 radical (unpaired) electrons. The molecular formula is C10H7BrN2O3. The van der Waals surface area contributed by atoms with Crippen molar-refractivity contribution in [1.82, 2.24) is 5.16 Å². The van der Waals surface area contributed by atoms with E-state index in [4.69, 9.17) is 4.52 Å². The number of aromatic nitrogens is 1. The molecule has 6 heteroatoms. The highest BCUT2D eigenvalue weighted by Crippen LogP contribution is 2.31. The molecule has 0 bridgehead atoms. The number of nitro groups is 1. The molecule has 1 aromatic carbocycles. The second-order valence-corrected chi connectivity index (χ2v) is 3.66. The lowest BCUT2D eigenvalue weighted by atomic mass is 10.1. The fourth-order valence-electron chi connectivity index (χ4n) is 1.41. The van der Waals surface area contributed by atoms with Crippen LogP contribution in [0.3, 0.4) is 0 Å². The molecule has 0 aliphatic carbocycles. The fourth-order valence-corrected chi connectivity index (χ4v) is 1.80. The molecule has 2 aromatic rings. The third kappa shape index (κ3) is 1.83. The molecule has 0 N–H and O–H groups in total. The molecule has 0 spiro atoms. The van der Waals surface area contributed by atoms with Crippen LogP contribution in [0.1, 0.15) is 5.56 Å². The van der Waals surface area contributed by atoms with E-state index in [1.54, 1.807) is 18.2 Å². The average Bonchev–Trinajstić information content (AvgIpc) is 2.76. The van der Waals surface area contributed by atoms with E-state index in [1.165, 1.54) is 12.3 Å². The smallest absolute Gasteiger partial charge is 0.278 e. The molecule has 82 valence electrons. The van der Waals surface area contributed by atoms with E-state index >= 15 is 0 Å². The molecule has 0 aliphatic heterocycles. The van der Waals surface area contributed by atoms with Crippen molar-refractivity contribution >= 4 is 21.6 Å². The summed E-state index contributed by atoms with van der Waals surface area (Å²) >= 11 is 3.28. The van der Waals surface area contributed by atoms with Crippen LogP contribution in [0, 0.1) is 10.1 Å². The Bertz CT molecular complexity index is 524. The minimum Gasteiger partial charge on any atom is -0.364 e. The Kier molecular flexibility index (Phi) is 3.00. The predicted molar refractivity (Wildman–Crippen MR) is 61.2 cm³/mol. The van der Waals surface area contributed by atoms with E-state index in [1.807, 2.05) is 0 Å². The minimum absolute atomic E-state index is 0.0265. The first-order chi connectivity index (χ1) is 7.74. The fraction of sp³-hybridized carbons (Fsp3) is 0.100. The van der Waals surface area contributed by atoms with Crippen molar-refractivity contribution in [2.75, 3.05) is 0 Å². The predicted octanol–water partition coefficient (Wildman–Crippen LogP) is 3.14. The third-order valence-corrected chi connectivity index (χ3v) is 2.75. The van der Waals surface area contributed by atoms with Crippen molar-refractivity contribution in [2.45, 2.75) is 5.33 Å². The Hall–Kier alpha value is -1.69. The van der Waals surface area contributed by atoms with Crippen LogP contribution in [0.15, 0.2) is 35.1 Å². The minimum atomic E-state index is -0.429. The molecule has 2 rings (SSSR count). The van der Waals surface area contributed by atoms with Gasteiger partial charge >= 0.3 is 0 Å². The van der Waals surface area contributed by atoms with Gasteiger partial charge < -0.3 is 4.52 Å². The number of alkyl halides is 1. The molecular weight excluding hydrogens is 276 g/mol. The van der Waals surface area contributed by atoms with Crippen molar-refractivity contribution in [3.63, 3.8) is 0 Å². The van der Waals surface area contributed by atoms with Crippen molar-refractivity contribution in [3.05, 3.63) is 46.2 Å². The van der Waals surface area contributed by atoms with Gasteiger partial charge in [-0.2, -0.15) is 0 Å². The zero-order valence-electron chi connectivity index (χ0n) is 8.09. The average molecular weight is 283 g/mol. The van der Waals surface area contributed by atoms with Crippen molar-refractivity contribution in [2.24, 2.45) is 0 Å². The molecule has 0 unspecified atom stereocenters. The van der Waals surface area contributed by atoms with Gasteiger partial charge in [0.2, 0.25) is 0 Å². The first-order valence-electron chi connectivity index (χ1n) is 4.47. The first kappa shape index (κ1) is 10.8. The number of hydrogen-bond donors (Lipinski definition) is 0. The van der Waals surface area contributed by atoms with Gasteiger partial charge in [-0.05, 0) is 6.07 Å². The summed E-state index contributed by atoms with van der Waals surface area (Å²) in [7, 11) is 0. The van der Waals surface area contributed by atoms with E-state index in [0.29, 0.717) is 16.6 Å². The number of para-hydroxylation sites is 1. The molecule has 0 aliphatic rings. The monoisotopic (exact) mass is 282 g/mol. The first-order valence-corrected chi connectivity index (χ1v) is 5.59. The molecule has 1 aromatic heterocycles.